The summed E-state index contributed by atoms with van der Waals surface area (Å²) in [7, 11) is 1.55. The van der Waals surface area contributed by atoms with Crippen LogP contribution in [0.25, 0.3) is 0 Å². The number of nitrogens with zero attached hydrogens (tertiary/aromatic N) is 1. The first-order chi connectivity index (χ1) is 7.02. The number of rotatable bonds is 1. The summed E-state index contributed by atoms with van der Waals surface area (Å²) < 4.78 is 5.05. The van der Waals surface area contributed by atoms with Gasteiger partial charge < -0.3 is 9.84 Å². The van der Waals surface area contributed by atoms with Crippen molar-refractivity contribution in [1.82, 2.24) is 0 Å². The minimum Gasteiger partial charge on any atom is -0.504 e. The second-order valence-electron chi connectivity index (χ2n) is 4.47. The molecule has 0 bridgehead atoms. The van der Waals surface area contributed by atoms with Crippen LogP contribution in [0, 0.1) is 0 Å². The summed E-state index contributed by atoms with van der Waals surface area (Å²) in [5.41, 5.74) is 2.07. The van der Waals surface area contributed by atoms with Crippen LogP contribution >= 0.6 is 0 Å². The summed E-state index contributed by atoms with van der Waals surface area (Å²) >= 11 is 0. The van der Waals surface area contributed by atoms with E-state index in [-0.39, 0.29) is 11.3 Å². The molecule has 3 heteroatoms. The Balaban J connectivity index is 2.49. The van der Waals surface area contributed by atoms with Crippen LogP contribution in [0.3, 0.4) is 0 Å². The van der Waals surface area contributed by atoms with Crippen molar-refractivity contribution < 1.29 is 9.84 Å². The smallest absolute Gasteiger partial charge is 0.161 e. The molecule has 0 atom stereocenters. The van der Waals surface area contributed by atoms with Crippen molar-refractivity contribution in [2.24, 2.45) is 4.99 Å². The van der Waals surface area contributed by atoms with E-state index in [1.807, 2.05) is 12.3 Å². The molecule has 0 aliphatic carbocycles. The Morgan fingerprint density at radius 3 is 2.80 bits per heavy atom. The zero-order valence-electron chi connectivity index (χ0n) is 9.24. The molecule has 0 fully saturated rings. The van der Waals surface area contributed by atoms with Gasteiger partial charge >= 0.3 is 0 Å². The maximum atomic E-state index is 9.67. The number of hydrogen-bond donors (Lipinski definition) is 1. The van der Waals surface area contributed by atoms with E-state index in [9.17, 15) is 5.11 Å². The largest absolute Gasteiger partial charge is 0.504 e. The van der Waals surface area contributed by atoms with E-state index >= 15 is 0 Å². The highest BCUT2D eigenvalue weighted by molar-refractivity contribution is 5.85. The number of phenols is 1. The van der Waals surface area contributed by atoms with Crippen LogP contribution in [0.15, 0.2) is 17.1 Å². The van der Waals surface area contributed by atoms with E-state index in [4.69, 9.17) is 4.74 Å². The van der Waals surface area contributed by atoms with Crippen LogP contribution in [-0.2, 0) is 6.42 Å². The zero-order chi connectivity index (χ0) is 11.1. The van der Waals surface area contributed by atoms with E-state index in [0.29, 0.717) is 5.75 Å². The predicted molar refractivity (Wildman–Crippen MR) is 60.0 cm³/mol. The molecule has 1 heterocycles. The second kappa shape index (κ2) is 3.26. The Morgan fingerprint density at radius 2 is 2.13 bits per heavy atom. The number of benzene rings is 1. The molecule has 0 radical (unpaired) electrons. The highest BCUT2D eigenvalue weighted by Gasteiger charge is 2.23. The van der Waals surface area contributed by atoms with Crippen molar-refractivity contribution in [3.05, 3.63) is 23.3 Å². The number of methoxy groups -OCH3 is 1. The minimum atomic E-state index is -0.0754. The molecule has 0 aromatic heterocycles. The van der Waals surface area contributed by atoms with Gasteiger partial charge in [-0.15, -0.1) is 0 Å². The molecule has 0 amide bonds. The average molecular weight is 205 g/mol. The molecule has 0 saturated heterocycles. The molecule has 1 aromatic rings. The zero-order valence-corrected chi connectivity index (χ0v) is 9.24. The van der Waals surface area contributed by atoms with Gasteiger partial charge in [-0.1, -0.05) is 0 Å². The number of phenolic OH excluding ortho intramolecular Hbond substituents is 1. The van der Waals surface area contributed by atoms with Crippen molar-refractivity contribution >= 4 is 6.21 Å². The number of hydrogen-bond acceptors (Lipinski definition) is 3. The summed E-state index contributed by atoms with van der Waals surface area (Å²) in [5.74, 6) is 0.697. The topological polar surface area (TPSA) is 41.8 Å². The quantitative estimate of drug-likeness (QED) is 0.763. The molecule has 15 heavy (non-hydrogen) atoms. The fraction of sp³-hybridized carbons (Fsp3) is 0.417. The lowest BCUT2D eigenvalue weighted by Crippen LogP contribution is -2.24. The first-order valence-electron chi connectivity index (χ1n) is 4.97. The maximum absolute atomic E-state index is 9.67. The molecule has 2 rings (SSSR count). The average Bonchev–Trinajstić information content (AvgIpc) is 2.15. The van der Waals surface area contributed by atoms with Gasteiger partial charge in [-0.25, -0.2) is 0 Å². The Kier molecular flexibility index (Phi) is 2.18. The monoisotopic (exact) mass is 205 g/mol. The third-order valence-corrected chi connectivity index (χ3v) is 2.62. The van der Waals surface area contributed by atoms with Crippen LogP contribution in [0.5, 0.6) is 11.5 Å². The molecule has 3 nitrogen and oxygen atoms in total. The summed E-state index contributed by atoms with van der Waals surface area (Å²) in [4.78, 5) is 4.45. The lowest BCUT2D eigenvalue weighted by atomic mass is 9.89. The van der Waals surface area contributed by atoms with Crippen LogP contribution in [0.1, 0.15) is 25.0 Å². The van der Waals surface area contributed by atoms with Gasteiger partial charge in [0.15, 0.2) is 11.5 Å². The first-order valence-corrected chi connectivity index (χ1v) is 4.97. The molecule has 0 unspecified atom stereocenters. The van der Waals surface area contributed by atoms with E-state index in [1.165, 1.54) is 0 Å². The van der Waals surface area contributed by atoms with Gasteiger partial charge in [0.25, 0.3) is 0 Å². The Labute approximate surface area is 89.4 Å². The molecule has 1 N–H and O–H groups in total. The maximum Gasteiger partial charge on any atom is 0.161 e. The van der Waals surface area contributed by atoms with Crippen LogP contribution in [-0.4, -0.2) is 24.0 Å². The van der Waals surface area contributed by atoms with Gasteiger partial charge in [-0.05, 0) is 43.5 Å². The Bertz CT molecular complexity index is 422. The van der Waals surface area contributed by atoms with Gasteiger partial charge in [0.05, 0.1) is 12.6 Å². The fourth-order valence-electron chi connectivity index (χ4n) is 1.82. The first kappa shape index (κ1) is 10.0. The molecular weight excluding hydrogens is 190 g/mol. The highest BCUT2D eigenvalue weighted by Crippen LogP contribution is 2.33. The van der Waals surface area contributed by atoms with Crippen molar-refractivity contribution in [3.8, 4) is 11.5 Å². The van der Waals surface area contributed by atoms with E-state index < -0.39 is 0 Å². The van der Waals surface area contributed by atoms with Crippen molar-refractivity contribution in [1.29, 1.82) is 0 Å². The molecule has 1 aliphatic rings. The summed E-state index contributed by atoms with van der Waals surface area (Å²) in [5, 5.41) is 9.67. The standard InChI is InChI=1S/C12H15NO2/c1-12(2)6-8-4-10(14)11(15-3)5-9(8)7-13-12/h4-5,7,14H,6H2,1-3H3. The van der Waals surface area contributed by atoms with Crippen molar-refractivity contribution in [3.63, 3.8) is 0 Å². The SMILES string of the molecule is COc1cc2c(cc1O)CC(C)(C)N=C2. The molecule has 80 valence electrons. The third kappa shape index (κ3) is 1.82. The number of fused-ring (bicyclic) bond motifs is 1. The van der Waals surface area contributed by atoms with Crippen LogP contribution in [0.2, 0.25) is 0 Å². The minimum absolute atomic E-state index is 0.0754. The van der Waals surface area contributed by atoms with Gasteiger partial charge in [-0.2, -0.15) is 0 Å². The third-order valence-electron chi connectivity index (χ3n) is 2.62. The summed E-state index contributed by atoms with van der Waals surface area (Å²) in [6, 6.07) is 3.59. The number of ether oxygens (including phenoxy) is 1. The van der Waals surface area contributed by atoms with Gasteiger partial charge in [0, 0.05) is 6.21 Å². The number of aromatic hydroxyl groups is 1. The van der Waals surface area contributed by atoms with E-state index in [1.54, 1.807) is 13.2 Å². The van der Waals surface area contributed by atoms with Crippen molar-refractivity contribution in [2.45, 2.75) is 25.8 Å². The summed E-state index contributed by atoms with van der Waals surface area (Å²) in [6.07, 6.45) is 2.69. The molecular formula is C12H15NO2. The lowest BCUT2D eigenvalue weighted by Gasteiger charge is -2.25. The Hall–Kier alpha value is -1.51. The molecule has 0 spiro atoms. The molecule has 0 saturated carbocycles. The molecule has 1 aromatic carbocycles. The normalized spacial score (nSPS) is 17.3. The van der Waals surface area contributed by atoms with Gasteiger partial charge in [0.1, 0.15) is 0 Å². The fourth-order valence-corrected chi connectivity index (χ4v) is 1.82. The molecule has 1 aliphatic heterocycles. The van der Waals surface area contributed by atoms with Crippen molar-refractivity contribution in [2.75, 3.05) is 7.11 Å². The van der Waals surface area contributed by atoms with Crippen LogP contribution < -0.4 is 4.74 Å². The Morgan fingerprint density at radius 1 is 1.40 bits per heavy atom. The van der Waals surface area contributed by atoms with Crippen LogP contribution in [0.4, 0.5) is 0 Å². The number of aliphatic imine (C=N–C) groups is 1. The lowest BCUT2D eigenvalue weighted by molar-refractivity contribution is 0.372. The second-order valence-corrected chi connectivity index (χ2v) is 4.47. The van der Waals surface area contributed by atoms with Gasteiger partial charge in [-0.3, -0.25) is 4.99 Å². The van der Waals surface area contributed by atoms with E-state index in [0.717, 1.165) is 17.5 Å². The highest BCUT2D eigenvalue weighted by atomic mass is 16.5. The summed E-state index contributed by atoms with van der Waals surface area (Å²) in [6.45, 7) is 4.15. The van der Waals surface area contributed by atoms with Gasteiger partial charge in [0.2, 0.25) is 0 Å². The van der Waals surface area contributed by atoms with E-state index in [2.05, 4.69) is 18.8 Å². The predicted octanol–water partition coefficient (Wildman–Crippen LogP) is 2.15.